The number of benzene rings is 1. The summed E-state index contributed by atoms with van der Waals surface area (Å²) in [5, 5.41) is 1.08. The molecule has 7 heteroatoms. The van der Waals surface area contributed by atoms with E-state index in [-0.39, 0.29) is 11.9 Å². The Morgan fingerprint density at radius 1 is 1.25 bits per heavy atom. The van der Waals surface area contributed by atoms with E-state index in [4.69, 9.17) is 27.9 Å². The minimum absolute atomic E-state index is 0.0401. The number of carbonyl (C=O) groups excluding carboxylic acids is 2. The highest BCUT2D eigenvalue weighted by molar-refractivity contribution is 6.35. The van der Waals surface area contributed by atoms with Gasteiger partial charge < -0.3 is 9.64 Å². The molecule has 1 aromatic carbocycles. The van der Waals surface area contributed by atoms with Gasteiger partial charge in [0.25, 0.3) is 0 Å². The number of amides is 2. The van der Waals surface area contributed by atoms with Crippen LogP contribution in [0.15, 0.2) is 18.2 Å². The molecule has 1 saturated heterocycles. The largest absolute Gasteiger partial charge is 0.444 e. The fourth-order valence-corrected chi connectivity index (χ4v) is 3.74. The maximum Gasteiger partial charge on any atom is 0.410 e. The standard InChI is InChI=1S/C21H30Cl2N2O3/c1-14(2)25(13-15-9-10-16(22)12-17(15)23)19(26)18-8-6-7-11-24(18)20(27)28-21(3,4)5/h9-10,12,14,18H,6-8,11,13H2,1-5H3/t18-/m0/s1. The maximum atomic E-state index is 13.4. The smallest absolute Gasteiger partial charge is 0.410 e. The van der Waals surface area contributed by atoms with Gasteiger partial charge in [-0.15, -0.1) is 0 Å². The predicted molar refractivity (Wildman–Crippen MR) is 113 cm³/mol. The molecule has 0 spiro atoms. The first-order chi connectivity index (χ1) is 13.0. The fourth-order valence-electron chi connectivity index (χ4n) is 3.27. The fraction of sp³-hybridized carbons (Fsp3) is 0.619. The molecule has 0 unspecified atom stereocenters. The van der Waals surface area contributed by atoms with Crippen LogP contribution in [0.25, 0.3) is 0 Å². The molecule has 2 rings (SSSR count). The molecule has 1 heterocycles. The van der Waals surface area contributed by atoms with Crippen molar-refractivity contribution >= 4 is 35.2 Å². The number of hydrogen-bond acceptors (Lipinski definition) is 3. The molecule has 0 aromatic heterocycles. The molecule has 1 aliphatic heterocycles. The summed E-state index contributed by atoms with van der Waals surface area (Å²) in [7, 11) is 0. The summed E-state index contributed by atoms with van der Waals surface area (Å²) < 4.78 is 5.53. The van der Waals surface area contributed by atoms with Gasteiger partial charge in [0.1, 0.15) is 11.6 Å². The molecule has 5 nitrogen and oxygen atoms in total. The molecule has 0 bridgehead atoms. The van der Waals surface area contributed by atoms with E-state index in [0.717, 1.165) is 18.4 Å². The lowest BCUT2D eigenvalue weighted by atomic mass is 10.0. The quantitative estimate of drug-likeness (QED) is 0.633. The summed E-state index contributed by atoms with van der Waals surface area (Å²) in [6, 6.07) is 4.72. The van der Waals surface area contributed by atoms with Gasteiger partial charge in [-0.2, -0.15) is 0 Å². The van der Waals surface area contributed by atoms with Crippen molar-refractivity contribution in [2.24, 2.45) is 0 Å². The molecular formula is C21H30Cl2N2O3. The van der Waals surface area contributed by atoms with Crippen molar-refractivity contribution in [1.82, 2.24) is 9.80 Å². The van der Waals surface area contributed by atoms with Crippen molar-refractivity contribution in [2.75, 3.05) is 6.54 Å². The van der Waals surface area contributed by atoms with Crippen molar-refractivity contribution in [1.29, 1.82) is 0 Å². The topological polar surface area (TPSA) is 49.9 Å². The molecule has 1 atom stereocenters. The number of halogens is 2. The number of piperidine rings is 1. The van der Waals surface area contributed by atoms with Crippen molar-refractivity contribution < 1.29 is 14.3 Å². The lowest BCUT2D eigenvalue weighted by molar-refractivity contribution is -0.140. The molecule has 28 heavy (non-hydrogen) atoms. The first kappa shape index (κ1) is 22.8. The van der Waals surface area contributed by atoms with E-state index >= 15 is 0 Å². The van der Waals surface area contributed by atoms with Crippen molar-refractivity contribution in [3.63, 3.8) is 0 Å². The Morgan fingerprint density at radius 2 is 1.93 bits per heavy atom. The maximum absolute atomic E-state index is 13.4. The second-order valence-corrected chi connectivity index (χ2v) is 9.32. The first-order valence-electron chi connectivity index (χ1n) is 9.73. The van der Waals surface area contributed by atoms with Gasteiger partial charge in [-0.25, -0.2) is 4.79 Å². The predicted octanol–water partition coefficient (Wildman–Crippen LogP) is 5.52. The third-order valence-electron chi connectivity index (χ3n) is 4.68. The average molecular weight is 429 g/mol. The molecule has 0 radical (unpaired) electrons. The van der Waals surface area contributed by atoms with Gasteiger partial charge in [-0.1, -0.05) is 29.3 Å². The second kappa shape index (κ2) is 9.36. The molecule has 1 aromatic rings. The van der Waals surface area contributed by atoms with Gasteiger partial charge in [-0.3, -0.25) is 9.69 Å². The van der Waals surface area contributed by atoms with Crippen molar-refractivity contribution in [3.8, 4) is 0 Å². The zero-order valence-corrected chi connectivity index (χ0v) is 18.8. The zero-order valence-electron chi connectivity index (χ0n) is 17.3. The molecular weight excluding hydrogens is 399 g/mol. The van der Waals surface area contributed by atoms with Crippen LogP contribution in [0.3, 0.4) is 0 Å². The van der Waals surface area contributed by atoms with Crippen LogP contribution < -0.4 is 0 Å². The van der Waals surface area contributed by atoms with Crippen LogP contribution in [-0.2, 0) is 16.1 Å². The molecule has 2 amide bonds. The van der Waals surface area contributed by atoms with Crippen LogP contribution in [0.4, 0.5) is 4.79 Å². The van der Waals surface area contributed by atoms with Gasteiger partial charge in [0.05, 0.1) is 0 Å². The lowest BCUT2D eigenvalue weighted by Crippen LogP contribution is -2.55. The Hall–Kier alpha value is -1.46. The number of rotatable bonds is 4. The monoisotopic (exact) mass is 428 g/mol. The highest BCUT2D eigenvalue weighted by Crippen LogP contribution is 2.26. The summed E-state index contributed by atoms with van der Waals surface area (Å²) in [4.78, 5) is 29.4. The Morgan fingerprint density at radius 3 is 2.50 bits per heavy atom. The Balaban J connectivity index is 2.22. The van der Waals surface area contributed by atoms with Crippen molar-refractivity contribution in [2.45, 2.75) is 78.1 Å². The Labute approximate surface area is 177 Å². The third kappa shape index (κ3) is 6.02. The third-order valence-corrected chi connectivity index (χ3v) is 5.27. The van der Waals surface area contributed by atoms with Crippen LogP contribution in [0.5, 0.6) is 0 Å². The summed E-state index contributed by atoms with van der Waals surface area (Å²) in [6.07, 6.45) is 1.98. The van der Waals surface area contributed by atoms with Gasteiger partial charge in [0, 0.05) is 29.2 Å². The van der Waals surface area contributed by atoms with Crippen molar-refractivity contribution in [3.05, 3.63) is 33.8 Å². The number of likely N-dealkylation sites (tertiary alicyclic amines) is 1. The number of hydrogen-bond donors (Lipinski definition) is 0. The van der Waals surface area contributed by atoms with Gasteiger partial charge in [0.15, 0.2) is 0 Å². The second-order valence-electron chi connectivity index (χ2n) is 8.48. The highest BCUT2D eigenvalue weighted by Gasteiger charge is 2.37. The normalized spacial score (nSPS) is 17.6. The summed E-state index contributed by atoms with van der Waals surface area (Å²) in [5.74, 6) is -0.0772. The molecule has 1 aliphatic rings. The molecule has 0 aliphatic carbocycles. The summed E-state index contributed by atoms with van der Waals surface area (Å²) in [6.45, 7) is 10.3. The zero-order chi connectivity index (χ0) is 21.1. The lowest BCUT2D eigenvalue weighted by Gasteiger charge is -2.39. The minimum atomic E-state index is -0.601. The number of ether oxygens (including phenoxy) is 1. The highest BCUT2D eigenvalue weighted by atomic mass is 35.5. The van der Waals surface area contributed by atoms with Crippen LogP contribution >= 0.6 is 23.2 Å². The van der Waals surface area contributed by atoms with Crippen LogP contribution in [0.2, 0.25) is 10.0 Å². The minimum Gasteiger partial charge on any atom is -0.444 e. The number of carbonyl (C=O) groups is 2. The first-order valence-corrected chi connectivity index (χ1v) is 10.5. The Kier molecular flexibility index (Phi) is 7.63. The SMILES string of the molecule is CC(C)N(Cc1ccc(Cl)cc1Cl)C(=O)[C@@H]1CCCCN1C(=O)OC(C)(C)C. The van der Waals surface area contributed by atoms with E-state index in [1.54, 1.807) is 21.9 Å². The molecule has 156 valence electrons. The number of nitrogens with zero attached hydrogens (tertiary/aromatic N) is 2. The van der Waals surface area contributed by atoms with Crippen LogP contribution in [-0.4, -0.2) is 46.0 Å². The van der Waals surface area contributed by atoms with Gasteiger partial charge >= 0.3 is 6.09 Å². The van der Waals surface area contributed by atoms with Crippen LogP contribution in [0, 0.1) is 0 Å². The van der Waals surface area contributed by atoms with E-state index in [2.05, 4.69) is 0 Å². The van der Waals surface area contributed by atoms with Gasteiger partial charge in [0.2, 0.25) is 5.91 Å². The van der Waals surface area contributed by atoms with E-state index < -0.39 is 17.7 Å². The van der Waals surface area contributed by atoms with E-state index in [1.165, 1.54) is 0 Å². The summed E-state index contributed by atoms with van der Waals surface area (Å²) in [5.41, 5.74) is 0.226. The van der Waals surface area contributed by atoms with Gasteiger partial charge in [-0.05, 0) is 71.6 Å². The Bertz CT molecular complexity index is 716. The van der Waals surface area contributed by atoms with E-state index in [1.807, 2.05) is 40.7 Å². The molecule has 0 saturated carbocycles. The molecule has 0 N–H and O–H groups in total. The average Bonchev–Trinajstić information content (AvgIpc) is 2.58. The van der Waals surface area contributed by atoms with Crippen LogP contribution in [0.1, 0.15) is 59.4 Å². The summed E-state index contributed by atoms with van der Waals surface area (Å²) >= 11 is 12.3. The molecule has 1 fully saturated rings. The van der Waals surface area contributed by atoms with E-state index in [9.17, 15) is 9.59 Å². The van der Waals surface area contributed by atoms with E-state index in [0.29, 0.717) is 29.6 Å².